The molecule has 36 heavy (non-hydrogen) atoms. The summed E-state index contributed by atoms with van der Waals surface area (Å²) in [5.41, 5.74) is -0.0134. The number of ketones is 2. The van der Waals surface area contributed by atoms with Gasteiger partial charge in [0, 0.05) is 49.5 Å². The zero-order chi connectivity index (χ0) is 26.5. The molecule has 2 heterocycles. The molecule has 0 spiro atoms. The van der Waals surface area contributed by atoms with Gasteiger partial charge < -0.3 is 20.1 Å². The Hall–Kier alpha value is -3.82. The highest BCUT2D eigenvalue weighted by molar-refractivity contribution is 5.97. The number of carbonyl (C=O) groups excluding carboxylic acids is 4. The first kappa shape index (κ1) is 26.8. The van der Waals surface area contributed by atoms with Crippen LogP contribution in [0.2, 0.25) is 0 Å². The zero-order valence-corrected chi connectivity index (χ0v) is 21.2. The molecule has 10 heteroatoms. The number of rotatable bonds is 7. The number of nitrogens with zero attached hydrogens (tertiary/aromatic N) is 2. The lowest BCUT2D eigenvalue weighted by Gasteiger charge is -2.46. The molecular formula is C26H32N4O6. The summed E-state index contributed by atoms with van der Waals surface area (Å²) in [6.45, 7) is 9.32. The van der Waals surface area contributed by atoms with Crippen LogP contribution in [0.4, 0.5) is 9.59 Å². The highest BCUT2D eigenvalue weighted by atomic mass is 16.6. The lowest BCUT2D eigenvalue weighted by atomic mass is 9.62. The average molecular weight is 497 g/mol. The molecule has 0 aliphatic heterocycles. The van der Waals surface area contributed by atoms with Crippen molar-refractivity contribution in [3.05, 3.63) is 48.0 Å². The predicted molar refractivity (Wildman–Crippen MR) is 131 cm³/mol. The van der Waals surface area contributed by atoms with Crippen molar-refractivity contribution in [2.75, 3.05) is 6.54 Å². The Kier molecular flexibility index (Phi) is 8.07. The highest BCUT2D eigenvalue weighted by Gasteiger charge is 2.42. The van der Waals surface area contributed by atoms with Gasteiger partial charge >= 0.3 is 12.2 Å². The van der Waals surface area contributed by atoms with Gasteiger partial charge in [0.2, 0.25) is 0 Å². The van der Waals surface area contributed by atoms with E-state index in [0.717, 1.165) is 12.8 Å². The molecule has 3 rings (SSSR count). The van der Waals surface area contributed by atoms with Crippen LogP contribution in [-0.2, 0) is 0 Å². The molecule has 2 aromatic rings. The van der Waals surface area contributed by atoms with Crippen molar-refractivity contribution in [3.63, 3.8) is 0 Å². The Labute approximate surface area is 210 Å². The summed E-state index contributed by atoms with van der Waals surface area (Å²) in [5, 5.41) is 5.71. The van der Waals surface area contributed by atoms with E-state index in [4.69, 9.17) is 9.47 Å². The second-order valence-electron chi connectivity index (χ2n) is 10.4. The van der Waals surface area contributed by atoms with Crippen molar-refractivity contribution >= 4 is 23.8 Å². The first-order valence-electron chi connectivity index (χ1n) is 11.7. The number of amides is 2. The van der Waals surface area contributed by atoms with Crippen LogP contribution in [0.3, 0.4) is 0 Å². The molecule has 2 unspecified atom stereocenters. The number of pyridine rings is 2. The van der Waals surface area contributed by atoms with E-state index in [2.05, 4.69) is 34.4 Å². The number of nitrogens with one attached hydrogen (secondary N) is 2. The fraction of sp³-hybridized carbons (Fsp3) is 0.462. The fourth-order valence-electron chi connectivity index (χ4n) is 5.06. The predicted octanol–water partition coefficient (Wildman–Crippen LogP) is 4.34. The Morgan fingerprint density at radius 3 is 1.94 bits per heavy atom. The van der Waals surface area contributed by atoms with Crippen molar-refractivity contribution in [3.8, 4) is 11.5 Å². The second-order valence-corrected chi connectivity index (χ2v) is 10.4. The van der Waals surface area contributed by atoms with Crippen molar-refractivity contribution in [1.29, 1.82) is 0 Å². The first-order valence-corrected chi connectivity index (χ1v) is 11.7. The molecule has 10 nitrogen and oxygen atoms in total. The third kappa shape index (κ3) is 7.10. The van der Waals surface area contributed by atoms with Crippen LogP contribution >= 0.6 is 0 Å². The topological polar surface area (TPSA) is 137 Å². The monoisotopic (exact) mass is 496 g/mol. The summed E-state index contributed by atoms with van der Waals surface area (Å²) < 4.78 is 10.8. The van der Waals surface area contributed by atoms with E-state index >= 15 is 0 Å². The smallest absolute Gasteiger partial charge is 0.409 e. The summed E-state index contributed by atoms with van der Waals surface area (Å²) >= 11 is 0. The van der Waals surface area contributed by atoms with Crippen LogP contribution in [0.25, 0.3) is 0 Å². The standard InChI is InChI=1S/C26H32N4O6/c1-16(31)19-12-27-8-6-21(19)35-23(33)29-15-26(5)11-18(10-25(3,4)14-26)30-24(34)36-22-7-9-28-13-20(22)17(2)32/h6-9,12-13,18H,10-11,14-15H2,1-5H3,(H,29,33)(H,30,34). The minimum atomic E-state index is -0.674. The molecular weight excluding hydrogens is 464 g/mol. The SMILES string of the molecule is CC(=O)c1cnccc1OC(=O)NCC1(C)CC(NC(=O)Oc2ccncc2C(C)=O)CC(C)(C)C1. The van der Waals surface area contributed by atoms with E-state index in [1.165, 1.54) is 50.8 Å². The van der Waals surface area contributed by atoms with Crippen molar-refractivity contribution in [1.82, 2.24) is 20.6 Å². The van der Waals surface area contributed by atoms with Gasteiger partial charge in [-0.3, -0.25) is 19.6 Å². The van der Waals surface area contributed by atoms with Gasteiger partial charge in [-0.05, 0) is 43.9 Å². The highest BCUT2D eigenvalue weighted by Crippen LogP contribution is 2.45. The molecule has 0 saturated heterocycles. The number of carbonyl (C=O) groups is 4. The van der Waals surface area contributed by atoms with E-state index in [9.17, 15) is 19.2 Å². The Morgan fingerprint density at radius 2 is 1.42 bits per heavy atom. The zero-order valence-electron chi connectivity index (χ0n) is 21.2. The average Bonchev–Trinajstić information content (AvgIpc) is 2.77. The number of aromatic nitrogens is 2. The number of ether oxygens (including phenoxy) is 2. The normalized spacial score (nSPS) is 20.6. The summed E-state index contributed by atoms with van der Waals surface area (Å²) in [4.78, 5) is 56.5. The van der Waals surface area contributed by atoms with Crippen LogP contribution in [-0.4, -0.2) is 46.3 Å². The summed E-state index contributed by atoms with van der Waals surface area (Å²) in [7, 11) is 0. The van der Waals surface area contributed by atoms with E-state index in [1.807, 2.05) is 6.92 Å². The molecule has 0 bridgehead atoms. The molecule has 0 radical (unpaired) electrons. The summed E-state index contributed by atoms with van der Waals surface area (Å²) in [6.07, 6.45) is 6.40. The maximum atomic E-state index is 12.6. The Bertz CT molecular complexity index is 1160. The maximum absolute atomic E-state index is 12.6. The van der Waals surface area contributed by atoms with Gasteiger partial charge in [0.15, 0.2) is 11.6 Å². The minimum Gasteiger partial charge on any atom is -0.409 e. The van der Waals surface area contributed by atoms with Gasteiger partial charge in [-0.15, -0.1) is 0 Å². The summed E-state index contributed by atoms with van der Waals surface area (Å²) in [6, 6.07) is 2.73. The van der Waals surface area contributed by atoms with Gasteiger partial charge in [-0.1, -0.05) is 20.8 Å². The van der Waals surface area contributed by atoms with Crippen molar-refractivity contribution in [2.24, 2.45) is 10.8 Å². The molecule has 192 valence electrons. The Balaban J connectivity index is 1.62. The lowest BCUT2D eigenvalue weighted by Crippen LogP contribution is -2.51. The van der Waals surface area contributed by atoms with Crippen molar-refractivity contribution in [2.45, 2.75) is 59.9 Å². The van der Waals surface area contributed by atoms with Crippen LogP contribution in [0, 0.1) is 10.8 Å². The lowest BCUT2D eigenvalue weighted by molar-refractivity contribution is 0.0700. The van der Waals surface area contributed by atoms with Gasteiger partial charge in [0.05, 0.1) is 11.1 Å². The number of hydrogen-bond donors (Lipinski definition) is 2. The largest absolute Gasteiger partial charge is 0.412 e. The number of hydrogen-bond acceptors (Lipinski definition) is 8. The van der Waals surface area contributed by atoms with Gasteiger partial charge in [0.1, 0.15) is 11.5 Å². The molecule has 1 aliphatic carbocycles. The third-order valence-corrected chi connectivity index (χ3v) is 6.15. The maximum Gasteiger partial charge on any atom is 0.412 e. The molecule has 2 atom stereocenters. The van der Waals surface area contributed by atoms with Gasteiger partial charge in [-0.2, -0.15) is 0 Å². The van der Waals surface area contributed by atoms with Crippen LogP contribution < -0.4 is 20.1 Å². The van der Waals surface area contributed by atoms with Gasteiger partial charge in [0.25, 0.3) is 0 Å². The molecule has 2 N–H and O–H groups in total. The molecule has 1 saturated carbocycles. The van der Waals surface area contributed by atoms with Crippen molar-refractivity contribution < 1.29 is 28.7 Å². The molecule has 0 aromatic carbocycles. The minimum absolute atomic E-state index is 0.120. The van der Waals surface area contributed by atoms with Crippen LogP contribution in [0.1, 0.15) is 74.6 Å². The first-order chi connectivity index (χ1) is 16.9. The van der Waals surface area contributed by atoms with E-state index in [1.54, 1.807) is 0 Å². The molecule has 2 amide bonds. The van der Waals surface area contributed by atoms with Gasteiger partial charge in [-0.25, -0.2) is 9.59 Å². The quantitative estimate of drug-likeness (QED) is 0.540. The fourth-order valence-corrected chi connectivity index (χ4v) is 5.06. The summed E-state index contributed by atoms with van der Waals surface area (Å²) in [5.74, 6) is -0.210. The molecule has 1 fully saturated rings. The molecule has 2 aromatic heterocycles. The molecule has 1 aliphatic rings. The van der Waals surface area contributed by atoms with E-state index in [-0.39, 0.29) is 51.1 Å². The second kappa shape index (κ2) is 10.8. The van der Waals surface area contributed by atoms with Crippen LogP contribution in [0.15, 0.2) is 36.9 Å². The van der Waals surface area contributed by atoms with E-state index in [0.29, 0.717) is 13.0 Å². The Morgan fingerprint density at radius 1 is 0.889 bits per heavy atom. The van der Waals surface area contributed by atoms with Crippen LogP contribution in [0.5, 0.6) is 11.5 Å². The third-order valence-electron chi connectivity index (χ3n) is 6.15. The van der Waals surface area contributed by atoms with E-state index < -0.39 is 12.2 Å². The number of Topliss-reactive ketones (excluding diaryl/α,β-unsaturated/α-hetero) is 2.